The standard InChI is InChI=1S/C14H21N/c1-4-15(3)14-10-9-12-7-5-6-8-13(12)11(14)2/h5-8,11,14H,4,9-10H2,1-3H3. The van der Waals surface area contributed by atoms with Crippen LogP contribution in [-0.2, 0) is 6.42 Å². The fraction of sp³-hybridized carbons (Fsp3) is 0.571. The molecular formula is C14H21N. The molecule has 1 aromatic carbocycles. The van der Waals surface area contributed by atoms with E-state index in [0.717, 1.165) is 12.6 Å². The summed E-state index contributed by atoms with van der Waals surface area (Å²) in [6.07, 6.45) is 2.55. The Balaban J connectivity index is 2.25. The van der Waals surface area contributed by atoms with Crippen LogP contribution < -0.4 is 0 Å². The van der Waals surface area contributed by atoms with Crippen molar-refractivity contribution in [1.29, 1.82) is 0 Å². The van der Waals surface area contributed by atoms with E-state index in [1.807, 2.05) is 0 Å². The van der Waals surface area contributed by atoms with Crippen LogP contribution in [0.15, 0.2) is 24.3 Å². The van der Waals surface area contributed by atoms with Gasteiger partial charge < -0.3 is 4.90 Å². The summed E-state index contributed by atoms with van der Waals surface area (Å²) in [5.74, 6) is 0.680. The Kier molecular flexibility index (Phi) is 3.11. The highest BCUT2D eigenvalue weighted by Crippen LogP contribution is 2.33. The number of fused-ring (bicyclic) bond motifs is 1. The van der Waals surface area contributed by atoms with Crippen LogP contribution in [0.5, 0.6) is 0 Å². The normalized spacial score (nSPS) is 25.3. The lowest BCUT2D eigenvalue weighted by molar-refractivity contribution is 0.206. The lowest BCUT2D eigenvalue weighted by Crippen LogP contribution is -2.38. The van der Waals surface area contributed by atoms with Crippen molar-refractivity contribution in [2.75, 3.05) is 13.6 Å². The second-order valence-corrected chi connectivity index (χ2v) is 4.67. The third kappa shape index (κ3) is 1.93. The van der Waals surface area contributed by atoms with Crippen molar-refractivity contribution < 1.29 is 0 Å². The lowest BCUT2D eigenvalue weighted by atomic mass is 9.80. The third-order valence-corrected chi connectivity index (χ3v) is 3.90. The van der Waals surface area contributed by atoms with Crippen LogP contribution in [-0.4, -0.2) is 24.5 Å². The summed E-state index contributed by atoms with van der Waals surface area (Å²) in [6, 6.07) is 9.65. The molecule has 1 aromatic rings. The van der Waals surface area contributed by atoms with Crippen LogP contribution in [0.1, 0.15) is 37.3 Å². The number of hydrogen-bond acceptors (Lipinski definition) is 1. The zero-order valence-corrected chi connectivity index (χ0v) is 10.0. The molecule has 0 N–H and O–H groups in total. The van der Waals surface area contributed by atoms with E-state index in [9.17, 15) is 0 Å². The average Bonchev–Trinajstić information content (AvgIpc) is 2.29. The van der Waals surface area contributed by atoms with Crippen molar-refractivity contribution in [3.05, 3.63) is 35.4 Å². The van der Waals surface area contributed by atoms with E-state index in [2.05, 4.69) is 50.1 Å². The molecule has 2 rings (SSSR count). The van der Waals surface area contributed by atoms with Crippen LogP contribution >= 0.6 is 0 Å². The molecule has 1 aliphatic carbocycles. The first-order valence-electron chi connectivity index (χ1n) is 6.02. The van der Waals surface area contributed by atoms with E-state index in [1.165, 1.54) is 12.8 Å². The summed E-state index contributed by atoms with van der Waals surface area (Å²) in [7, 11) is 2.25. The number of nitrogens with zero attached hydrogens (tertiary/aromatic N) is 1. The number of aryl methyl sites for hydroxylation is 1. The van der Waals surface area contributed by atoms with E-state index in [1.54, 1.807) is 11.1 Å². The van der Waals surface area contributed by atoms with Crippen LogP contribution in [0.2, 0.25) is 0 Å². The number of likely N-dealkylation sites (N-methyl/N-ethyl adjacent to an activating group) is 1. The number of hydrogen-bond donors (Lipinski definition) is 0. The predicted octanol–water partition coefficient (Wildman–Crippen LogP) is 3.06. The second-order valence-electron chi connectivity index (χ2n) is 4.67. The van der Waals surface area contributed by atoms with Gasteiger partial charge in [-0.25, -0.2) is 0 Å². The molecule has 1 nitrogen and oxygen atoms in total. The molecule has 0 saturated carbocycles. The fourth-order valence-electron chi connectivity index (χ4n) is 2.80. The second kappa shape index (κ2) is 4.36. The first-order valence-corrected chi connectivity index (χ1v) is 6.02. The summed E-state index contributed by atoms with van der Waals surface area (Å²) in [5.41, 5.74) is 3.12. The Morgan fingerprint density at radius 3 is 2.80 bits per heavy atom. The zero-order valence-electron chi connectivity index (χ0n) is 10.0. The minimum absolute atomic E-state index is 0.680. The van der Waals surface area contributed by atoms with Crippen LogP contribution in [0, 0.1) is 0 Å². The maximum absolute atomic E-state index is 2.49. The predicted molar refractivity (Wildman–Crippen MR) is 65.3 cm³/mol. The molecule has 0 spiro atoms. The highest BCUT2D eigenvalue weighted by Gasteiger charge is 2.27. The van der Waals surface area contributed by atoms with E-state index in [4.69, 9.17) is 0 Å². The molecule has 0 bridgehead atoms. The summed E-state index contributed by atoms with van der Waals surface area (Å²) in [6.45, 7) is 5.76. The lowest BCUT2D eigenvalue weighted by Gasteiger charge is -2.37. The summed E-state index contributed by atoms with van der Waals surface area (Å²) in [5, 5.41) is 0. The van der Waals surface area contributed by atoms with Crippen molar-refractivity contribution >= 4 is 0 Å². The molecule has 0 aromatic heterocycles. The van der Waals surface area contributed by atoms with Crippen molar-refractivity contribution in [3.8, 4) is 0 Å². The first kappa shape index (κ1) is 10.7. The van der Waals surface area contributed by atoms with Gasteiger partial charge in [0, 0.05) is 6.04 Å². The molecule has 1 aliphatic rings. The Morgan fingerprint density at radius 1 is 1.33 bits per heavy atom. The highest BCUT2D eigenvalue weighted by atomic mass is 15.1. The van der Waals surface area contributed by atoms with Crippen LogP contribution in [0.3, 0.4) is 0 Å². The van der Waals surface area contributed by atoms with Crippen LogP contribution in [0.4, 0.5) is 0 Å². The largest absolute Gasteiger partial charge is 0.303 e. The van der Waals surface area contributed by atoms with Gasteiger partial charge in [-0.15, -0.1) is 0 Å². The first-order chi connectivity index (χ1) is 7.24. The number of rotatable bonds is 2. The van der Waals surface area contributed by atoms with Crippen molar-refractivity contribution in [2.24, 2.45) is 0 Å². The topological polar surface area (TPSA) is 3.24 Å². The van der Waals surface area contributed by atoms with Crippen molar-refractivity contribution in [1.82, 2.24) is 4.90 Å². The van der Waals surface area contributed by atoms with E-state index >= 15 is 0 Å². The molecule has 2 atom stereocenters. The molecule has 0 aliphatic heterocycles. The Hall–Kier alpha value is -0.820. The molecule has 0 radical (unpaired) electrons. The minimum atomic E-state index is 0.680. The Bertz CT molecular complexity index is 332. The number of benzene rings is 1. The van der Waals surface area contributed by atoms with Gasteiger partial charge in [0.25, 0.3) is 0 Å². The molecule has 0 amide bonds. The Morgan fingerprint density at radius 2 is 2.07 bits per heavy atom. The molecule has 0 heterocycles. The van der Waals surface area contributed by atoms with Gasteiger partial charge in [0.2, 0.25) is 0 Å². The van der Waals surface area contributed by atoms with Crippen molar-refractivity contribution in [3.63, 3.8) is 0 Å². The molecule has 2 unspecified atom stereocenters. The van der Waals surface area contributed by atoms with Gasteiger partial charge in [0.15, 0.2) is 0 Å². The van der Waals surface area contributed by atoms with Gasteiger partial charge >= 0.3 is 0 Å². The average molecular weight is 203 g/mol. The van der Waals surface area contributed by atoms with Gasteiger partial charge in [-0.1, -0.05) is 38.1 Å². The third-order valence-electron chi connectivity index (χ3n) is 3.90. The Labute approximate surface area is 93.1 Å². The quantitative estimate of drug-likeness (QED) is 0.714. The molecular weight excluding hydrogens is 182 g/mol. The van der Waals surface area contributed by atoms with Crippen molar-refractivity contribution in [2.45, 2.75) is 38.6 Å². The van der Waals surface area contributed by atoms with Gasteiger partial charge in [0.1, 0.15) is 0 Å². The monoisotopic (exact) mass is 203 g/mol. The van der Waals surface area contributed by atoms with E-state index in [0.29, 0.717) is 5.92 Å². The maximum atomic E-state index is 2.49. The molecule has 82 valence electrons. The highest BCUT2D eigenvalue weighted by molar-refractivity contribution is 5.33. The van der Waals surface area contributed by atoms with Gasteiger partial charge in [0.05, 0.1) is 0 Å². The summed E-state index contributed by atoms with van der Waals surface area (Å²) in [4.78, 5) is 2.49. The zero-order chi connectivity index (χ0) is 10.8. The molecule has 15 heavy (non-hydrogen) atoms. The van der Waals surface area contributed by atoms with Gasteiger partial charge in [-0.05, 0) is 43.5 Å². The SMILES string of the molecule is CCN(C)C1CCc2ccccc2C1C. The maximum Gasteiger partial charge on any atom is 0.0161 e. The summed E-state index contributed by atoms with van der Waals surface area (Å²) < 4.78 is 0. The smallest absolute Gasteiger partial charge is 0.0161 e. The van der Waals surface area contributed by atoms with Gasteiger partial charge in [-0.2, -0.15) is 0 Å². The minimum Gasteiger partial charge on any atom is -0.303 e. The molecule has 0 fully saturated rings. The summed E-state index contributed by atoms with van der Waals surface area (Å²) >= 11 is 0. The van der Waals surface area contributed by atoms with Gasteiger partial charge in [-0.3, -0.25) is 0 Å². The van der Waals surface area contributed by atoms with Crippen LogP contribution in [0.25, 0.3) is 0 Å². The van der Waals surface area contributed by atoms with E-state index in [-0.39, 0.29) is 0 Å². The molecule has 0 saturated heterocycles. The fourth-order valence-corrected chi connectivity index (χ4v) is 2.80. The molecule has 1 heteroatoms. The van der Waals surface area contributed by atoms with E-state index < -0.39 is 0 Å².